The molecule has 0 radical (unpaired) electrons. The van der Waals surface area contributed by atoms with Crippen LogP contribution in [-0.2, 0) is 0 Å². The predicted octanol–water partition coefficient (Wildman–Crippen LogP) is 7.49. The van der Waals surface area contributed by atoms with Crippen molar-refractivity contribution in [3.63, 3.8) is 0 Å². The van der Waals surface area contributed by atoms with Crippen LogP contribution in [0.2, 0.25) is 0 Å². The molecule has 0 aliphatic rings. The van der Waals surface area contributed by atoms with Crippen LogP contribution in [0.5, 0.6) is 0 Å². The SMILES string of the molecule is Cc1cc(C)c(-c2cc(-c3c(C)cc(C)cc3C)c(C)cc2C)c(C)c1. The maximum absolute atomic E-state index is 2.42. The molecule has 0 atom stereocenters. The average Bonchev–Trinajstić information content (AvgIpc) is 2.49. The minimum atomic E-state index is 1.33. The second kappa shape index (κ2) is 6.76. The van der Waals surface area contributed by atoms with Gasteiger partial charge in [-0.15, -0.1) is 0 Å². The summed E-state index contributed by atoms with van der Waals surface area (Å²) in [6, 6.07) is 13.9. The highest BCUT2D eigenvalue weighted by Gasteiger charge is 2.15. The third-order valence-corrected chi connectivity index (χ3v) is 5.46. The molecule has 0 heterocycles. The predicted molar refractivity (Wildman–Crippen MR) is 115 cm³/mol. The van der Waals surface area contributed by atoms with Gasteiger partial charge in [0.15, 0.2) is 0 Å². The summed E-state index contributed by atoms with van der Waals surface area (Å²) < 4.78 is 0. The van der Waals surface area contributed by atoms with Crippen molar-refractivity contribution in [2.75, 3.05) is 0 Å². The molecule has 0 nitrogen and oxygen atoms in total. The summed E-state index contributed by atoms with van der Waals surface area (Å²) in [5.74, 6) is 0. The summed E-state index contributed by atoms with van der Waals surface area (Å²) in [4.78, 5) is 0. The van der Waals surface area contributed by atoms with Gasteiger partial charge in [-0.2, -0.15) is 0 Å². The molecule has 3 rings (SSSR count). The fraction of sp³-hybridized carbons (Fsp3) is 0.308. The maximum Gasteiger partial charge on any atom is -0.0122 e. The number of benzene rings is 3. The summed E-state index contributed by atoms with van der Waals surface area (Å²) in [6.07, 6.45) is 0. The highest BCUT2D eigenvalue weighted by Crippen LogP contribution is 2.38. The van der Waals surface area contributed by atoms with E-state index in [-0.39, 0.29) is 0 Å². The molecule has 0 N–H and O–H groups in total. The molecule has 0 aliphatic carbocycles. The molecule has 0 aromatic heterocycles. The Morgan fingerprint density at radius 2 is 0.654 bits per heavy atom. The molecule has 0 fully saturated rings. The van der Waals surface area contributed by atoms with E-state index in [0.29, 0.717) is 0 Å². The molecule has 0 spiro atoms. The van der Waals surface area contributed by atoms with Crippen molar-refractivity contribution < 1.29 is 0 Å². The van der Waals surface area contributed by atoms with Crippen LogP contribution >= 0.6 is 0 Å². The zero-order valence-corrected chi connectivity index (χ0v) is 17.5. The van der Waals surface area contributed by atoms with E-state index in [1.54, 1.807) is 0 Å². The van der Waals surface area contributed by atoms with E-state index in [2.05, 4.69) is 91.8 Å². The van der Waals surface area contributed by atoms with Gasteiger partial charge in [-0.3, -0.25) is 0 Å². The van der Waals surface area contributed by atoms with Crippen molar-refractivity contribution in [3.05, 3.63) is 80.9 Å². The monoisotopic (exact) mass is 342 g/mol. The standard InChI is InChI=1S/C26H30/c1-15-9-19(5)25(20(6)10-15)23-14-24(18(4)13-17(23)3)26-21(7)11-16(2)12-22(26)8/h9-14H,1-8H3. The number of rotatable bonds is 2. The van der Waals surface area contributed by atoms with Gasteiger partial charge in [-0.05, 0) is 117 Å². The molecular formula is C26H30. The molecule has 26 heavy (non-hydrogen) atoms. The van der Waals surface area contributed by atoms with Crippen LogP contribution in [0, 0.1) is 55.4 Å². The van der Waals surface area contributed by atoms with Gasteiger partial charge in [0, 0.05) is 0 Å². The Labute approximate surface area is 158 Å². The Bertz CT molecular complexity index is 878. The lowest BCUT2D eigenvalue weighted by atomic mass is 9.85. The van der Waals surface area contributed by atoms with E-state index in [1.165, 1.54) is 66.8 Å². The first-order valence-electron chi connectivity index (χ1n) is 9.46. The topological polar surface area (TPSA) is 0 Å². The summed E-state index contributed by atoms with van der Waals surface area (Å²) in [5.41, 5.74) is 16.3. The van der Waals surface area contributed by atoms with Crippen molar-refractivity contribution in [2.45, 2.75) is 55.4 Å². The molecule has 0 saturated carbocycles. The third kappa shape index (κ3) is 3.21. The zero-order valence-electron chi connectivity index (χ0n) is 17.5. The second-order valence-corrected chi connectivity index (χ2v) is 8.03. The van der Waals surface area contributed by atoms with Gasteiger partial charge in [0.05, 0.1) is 0 Å². The number of hydrogen-bond donors (Lipinski definition) is 0. The van der Waals surface area contributed by atoms with Crippen molar-refractivity contribution in [1.29, 1.82) is 0 Å². The zero-order chi connectivity index (χ0) is 19.2. The first-order valence-corrected chi connectivity index (χ1v) is 9.46. The van der Waals surface area contributed by atoms with Crippen LogP contribution in [0.15, 0.2) is 36.4 Å². The van der Waals surface area contributed by atoms with Crippen molar-refractivity contribution >= 4 is 0 Å². The molecule has 0 saturated heterocycles. The van der Waals surface area contributed by atoms with Gasteiger partial charge in [0.25, 0.3) is 0 Å². The van der Waals surface area contributed by atoms with E-state index < -0.39 is 0 Å². The quantitative estimate of drug-likeness (QED) is 0.452. The lowest BCUT2D eigenvalue weighted by Crippen LogP contribution is -1.97. The third-order valence-electron chi connectivity index (χ3n) is 5.46. The van der Waals surface area contributed by atoms with Crippen LogP contribution in [0.4, 0.5) is 0 Å². The summed E-state index contributed by atoms with van der Waals surface area (Å²) in [7, 11) is 0. The van der Waals surface area contributed by atoms with E-state index in [0.717, 1.165) is 0 Å². The van der Waals surface area contributed by atoms with Crippen molar-refractivity contribution in [1.82, 2.24) is 0 Å². The molecular weight excluding hydrogens is 312 g/mol. The summed E-state index contributed by atoms with van der Waals surface area (Å²) in [6.45, 7) is 17.8. The van der Waals surface area contributed by atoms with Gasteiger partial charge in [-0.1, -0.05) is 41.5 Å². The molecule has 0 aliphatic heterocycles. The van der Waals surface area contributed by atoms with Gasteiger partial charge in [0.1, 0.15) is 0 Å². The smallest absolute Gasteiger partial charge is 0.0122 e. The van der Waals surface area contributed by atoms with E-state index in [9.17, 15) is 0 Å². The average molecular weight is 343 g/mol. The number of aryl methyl sites for hydroxylation is 8. The Morgan fingerprint density at radius 1 is 0.346 bits per heavy atom. The van der Waals surface area contributed by atoms with Crippen molar-refractivity contribution in [3.8, 4) is 22.3 Å². The maximum atomic E-state index is 2.42. The van der Waals surface area contributed by atoms with Gasteiger partial charge in [-0.25, -0.2) is 0 Å². The van der Waals surface area contributed by atoms with E-state index >= 15 is 0 Å². The molecule has 134 valence electrons. The van der Waals surface area contributed by atoms with E-state index in [1.807, 2.05) is 0 Å². The van der Waals surface area contributed by atoms with Crippen molar-refractivity contribution in [2.24, 2.45) is 0 Å². The lowest BCUT2D eigenvalue weighted by molar-refractivity contribution is 1.28. The Balaban J connectivity index is 2.32. The van der Waals surface area contributed by atoms with Crippen LogP contribution in [0.1, 0.15) is 44.5 Å². The highest BCUT2D eigenvalue weighted by atomic mass is 14.2. The summed E-state index contributed by atoms with van der Waals surface area (Å²) >= 11 is 0. The minimum absolute atomic E-state index is 1.33. The molecule has 0 heteroatoms. The first kappa shape index (κ1) is 18.5. The summed E-state index contributed by atoms with van der Waals surface area (Å²) in [5, 5.41) is 0. The van der Waals surface area contributed by atoms with Gasteiger partial charge < -0.3 is 0 Å². The fourth-order valence-corrected chi connectivity index (χ4v) is 4.60. The van der Waals surface area contributed by atoms with Crippen LogP contribution < -0.4 is 0 Å². The molecule has 3 aromatic carbocycles. The molecule has 0 bridgehead atoms. The normalized spacial score (nSPS) is 11.1. The first-order chi connectivity index (χ1) is 12.2. The van der Waals surface area contributed by atoms with Crippen LogP contribution in [-0.4, -0.2) is 0 Å². The molecule has 0 unspecified atom stereocenters. The van der Waals surface area contributed by atoms with Gasteiger partial charge in [0.2, 0.25) is 0 Å². The largest absolute Gasteiger partial charge is 0.0557 e. The van der Waals surface area contributed by atoms with Gasteiger partial charge >= 0.3 is 0 Å². The second-order valence-electron chi connectivity index (χ2n) is 8.03. The Kier molecular flexibility index (Phi) is 4.80. The minimum Gasteiger partial charge on any atom is -0.0557 e. The van der Waals surface area contributed by atoms with E-state index in [4.69, 9.17) is 0 Å². The van der Waals surface area contributed by atoms with Crippen LogP contribution in [0.3, 0.4) is 0 Å². The lowest BCUT2D eigenvalue weighted by Gasteiger charge is -2.19. The number of hydrogen-bond acceptors (Lipinski definition) is 0. The van der Waals surface area contributed by atoms with Crippen LogP contribution in [0.25, 0.3) is 22.3 Å². The Morgan fingerprint density at radius 3 is 0.962 bits per heavy atom. The molecule has 3 aromatic rings. The molecule has 0 amide bonds. The highest BCUT2D eigenvalue weighted by molar-refractivity contribution is 5.83. The Hall–Kier alpha value is -2.34. The fourth-order valence-electron chi connectivity index (χ4n) is 4.60.